The maximum absolute atomic E-state index is 12.7. The van der Waals surface area contributed by atoms with Crippen molar-refractivity contribution < 1.29 is 9.53 Å². The molecule has 1 aromatic heterocycles. The van der Waals surface area contributed by atoms with E-state index in [4.69, 9.17) is 4.74 Å². The Bertz CT molecular complexity index is 622. The van der Waals surface area contributed by atoms with Gasteiger partial charge in [0.1, 0.15) is 18.0 Å². The molecule has 0 spiro atoms. The lowest BCUT2D eigenvalue weighted by Gasteiger charge is -2.39. The average molecular weight is 359 g/mol. The number of nitrogens with zero attached hydrogens (tertiary/aromatic N) is 5. The van der Waals surface area contributed by atoms with Crippen LogP contribution in [0.2, 0.25) is 0 Å². The lowest BCUT2D eigenvalue weighted by atomic mass is 9.76. The Morgan fingerprint density at radius 1 is 1.04 bits per heavy atom. The van der Waals surface area contributed by atoms with E-state index in [1.165, 1.54) is 19.3 Å². The van der Waals surface area contributed by atoms with E-state index in [9.17, 15) is 4.79 Å². The number of anilines is 2. The molecule has 26 heavy (non-hydrogen) atoms. The number of aromatic nitrogens is 2. The zero-order valence-corrected chi connectivity index (χ0v) is 15.6. The Morgan fingerprint density at radius 2 is 1.65 bits per heavy atom. The third-order valence-electron chi connectivity index (χ3n) is 6.14. The zero-order valence-electron chi connectivity index (χ0n) is 15.6. The Balaban J connectivity index is 1.35. The van der Waals surface area contributed by atoms with E-state index in [2.05, 4.69) is 32.8 Å². The van der Waals surface area contributed by atoms with Gasteiger partial charge in [0.05, 0.1) is 13.2 Å². The summed E-state index contributed by atoms with van der Waals surface area (Å²) in [6.07, 6.45) is 5.38. The van der Waals surface area contributed by atoms with Crippen molar-refractivity contribution in [2.45, 2.75) is 26.2 Å². The van der Waals surface area contributed by atoms with Gasteiger partial charge in [-0.2, -0.15) is 0 Å². The minimum Gasteiger partial charge on any atom is -0.378 e. The quantitative estimate of drug-likeness (QED) is 0.810. The SMILES string of the molecule is CC(C(=O)N1CCN(c2cc(N3CCOCC3)ncn2)CC1)C1CCC1. The number of carbonyl (C=O) groups is 1. The van der Waals surface area contributed by atoms with Gasteiger partial charge in [-0.05, 0) is 18.8 Å². The van der Waals surface area contributed by atoms with Gasteiger partial charge in [0.25, 0.3) is 0 Å². The van der Waals surface area contributed by atoms with E-state index >= 15 is 0 Å². The normalized spacial score (nSPS) is 22.9. The fourth-order valence-electron chi connectivity index (χ4n) is 4.06. The number of hydrogen-bond acceptors (Lipinski definition) is 6. The molecule has 1 saturated carbocycles. The Morgan fingerprint density at radius 3 is 2.23 bits per heavy atom. The van der Waals surface area contributed by atoms with Crippen molar-refractivity contribution in [3.8, 4) is 0 Å². The first-order chi connectivity index (χ1) is 12.7. The number of carbonyl (C=O) groups excluding carboxylic acids is 1. The summed E-state index contributed by atoms with van der Waals surface area (Å²) < 4.78 is 5.42. The van der Waals surface area contributed by atoms with Gasteiger partial charge in [-0.25, -0.2) is 9.97 Å². The average Bonchev–Trinajstić information content (AvgIpc) is 2.67. The first-order valence-electron chi connectivity index (χ1n) is 9.91. The van der Waals surface area contributed by atoms with E-state index in [0.717, 1.165) is 64.1 Å². The fraction of sp³-hybridized carbons (Fsp3) is 0.737. The molecule has 142 valence electrons. The summed E-state index contributed by atoms with van der Waals surface area (Å²) in [5, 5.41) is 0. The summed E-state index contributed by atoms with van der Waals surface area (Å²) in [4.78, 5) is 28.2. The molecule has 1 unspecified atom stereocenters. The summed E-state index contributed by atoms with van der Waals surface area (Å²) in [5.41, 5.74) is 0. The van der Waals surface area contributed by atoms with Gasteiger partial charge in [0.2, 0.25) is 5.91 Å². The maximum atomic E-state index is 12.7. The molecule has 4 rings (SSSR count). The van der Waals surface area contributed by atoms with E-state index in [0.29, 0.717) is 11.8 Å². The highest BCUT2D eigenvalue weighted by Crippen LogP contribution is 2.34. The summed E-state index contributed by atoms with van der Waals surface area (Å²) in [6, 6.07) is 2.07. The van der Waals surface area contributed by atoms with E-state index in [-0.39, 0.29) is 5.92 Å². The third kappa shape index (κ3) is 3.63. The number of piperazine rings is 1. The van der Waals surface area contributed by atoms with E-state index in [1.54, 1.807) is 6.33 Å². The van der Waals surface area contributed by atoms with Crippen LogP contribution in [0.3, 0.4) is 0 Å². The van der Waals surface area contributed by atoms with E-state index < -0.39 is 0 Å². The van der Waals surface area contributed by atoms with Crippen LogP contribution < -0.4 is 9.80 Å². The van der Waals surface area contributed by atoms with Crippen molar-refractivity contribution in [1.82, 2.24) is 14.9 Å². The van der Waals surface area contributed by atoms with Crippen LogP contribution >= 0.6 is 0 Å². The number of ether oxygens (including phenoxy) is 1. The minimum absolute atomic E-state index is 0.183. The number of rotatable bonds is 4. The van der Waals surface area contributed by atoms with Crippen LogP contribution in [0.15, 0.2) is 12.4 Å². The van der Waals surface area contributed by atoms with Gasteiger partial charge in [-0.3, -0.25) is 4.79 Å². The molecule has 3 heterocycles. The van der Waals surface area contributed by atoms with Gasteiger partial charge in [-0.15, -0.1) is 0 Å². The Hall–Kier alpha value is -1.89. The van der Waals surface area contributed by atoms with Crippen molar-refractivity contribution in [2.24, 2.45) is 11.8 Å². The van der Waals surface area contributed by atoms with E-state index in [1.807, 2.05) is 4.90 Å². The van der Waals surface area contributed by atoms with Crippen molar-refractivity contribution in [3.63, 3.8) is 0 Å². The maximum Gasteiger partial charge on any atom is 0.225 e. The van der Waals surface area contributed by atoms with Crippen molar-refractivity contribution in [1.29, 1.82) is 0 Å². The second kappa shape index (κ2) is 7.78. The second-order valence-corrected chi connectivity index (χ2v) is 7.63. The fourth-order valence-corrected chi connectivity index (χ4v) is 4.06. The lowest BCUT2D eigenvalue weighted by molar-refractivity contribution is -0.138. The third-order valence-corrected chi connectivity index (χ3v) is 6.14. The molecule has 1 aromatic rings. The molecule has 2 aliphatic heterocycles. The van der Waals surface area contributed by atoms with Crippen LogP contribution in [-0.2, 0) is 9.53 Å². The van der Waals surface area contributed by atoms with Gasteiger partial charge in [-0.1, -0.05) is 13.3 Å². The second-order valence-electron chi connectivity index (χ2n) is 7.63. The molecular formula is C19H29N5O2. The molecule has 0 N–H and O–H groups in total. The van der Waals surface area contributed by atoms with Gasteiger partial charge < -0.3 is 19.4 Å². The molecule has 2 saturated heterocycles. The van der Waals surface area contributed by atoms with Gasteiger partial charge in [0.15, 0.2) is 0 Å². The van der Waals surface area contributed by atoms with Crippen LogP contribution in [0.5, 0.6) is 0 Å². The van der Waals surface area contributed by atoms with Crippen LogP contribution in [0, 0.1) is 11.8 Å². The van der Waals surface area contributed by atoms with Crippen LogP contribution in [0.4, 0.5) is 11.6 Å². The largest absolute Gasteiger partial charge is 0.378 e. The van der Waals surface area contributed by atoms with Crippen molar-refractivity contribution in [2.75, 3.05) is 62.3 Å². The van der Waals surface area contributed by atoms with Crippen molar-refractivity contribution in [3.05, 3.63) is 12.4 Å². The molecule has 0 aromatic carbocycles. The highest BCUT2D eigenvalue weighted by atomic mass is 16.5. The monoisotopic (exact) mass is 359 g/mol. The Kier molecular flexibility index (Phi) is 5.24. The molecule has 0 radical (unpaired) electrons. The first-order valence-corrected chi connectivity index (χ1v) is 9.91. The standard InChI is InChI=1S/C19H29N5O2/c1-15(16-3-2-4-16)19(25)24-7-5-22(6-8-24)17-13-18(21-14-20-17)23-9-11-26-12-10-23/h13-16H,2-12H2,1H3. The predicted molar refractivity (Wildman–Crippen MR) is 100 cm³/mol. The van der Waals surface area contributed by atoms with Crippen LogP contribution in [-0.4, -0.2) is 73.3 Å². The molecule has 0 bridgehead atoms. The van der Waals surface area contributed by atoms with Gasteiger partial charge >= 0.3 is 0 Å². The predicted octanol–water partition coefficient (Wildman–Crippen LogP) is 1.40. The minimum atomic E-state index is 0.183. The number of morpholine rings is 1. The molecule has 3 aliphatic rings. The number of hydrogen-bond donors (Lipinski definition) is 0. The summed E-state index contributed by atoms with van der Waals surface area (Å²) in [5.74, 6) is 3.06. The molecule has 1 atom stereocenters. The number of amides is 1. The molecule has 1 aliphatic carbocycles. The van der Waals surface area contributed by atoms with Gasteiger partial charge in [0, 0.05) is 51.3 Å². The van der Waals surface area contributed by atoms with Crippen LogP contribution in [0.25, 0.3) is 0 Å². The summed E-state index contributed by atoms with van der Waals surface area (Å²) in [6.45, 7) is 8.59. The highest BCUT2D eigenvalue weighted by molar-refractivity contribution is 5.79. The van der Waals surface area contributed by atoms with Crippen LogP contribution in [0.1, 0.15) is 26.2 Å². The summed E-state index contributed by atoms with van der Waals surface area (Å²) in [7, 11) is 0. The molecule has 1 amide bonds. The molecule has 3 fully saturated rings. The molecular weight excluding hydrogens is 330 g/mol. The Labute approximate surface area is 155 Å². The topological polar surface area (TPSA) is 61.8 Å². The molecule has 7 heteroatoms. The zero-order chi connectivity index (χ0) is 17.9. The highest BCUT2D eigenvalue weighted by Gasteiger charge is 2.33. The first kappa shape index (κ1) is 17.5. The lowest BCUT2D eigenvalue weighted by Crippen LogP contribution is -2.51. The smallest absolute Gasteiger partial charge is 0.225 e. The summed E-state index contributed by atoms with van der Waals surface area (Å²) >= 11 is 0. The molecule has 7 nitrogen and oxygen atoms in total. The van der Waals surface area contributed by atoms with Crippen molar-refractivity contribution >= 4 is 17.5 Å².